The van der Waals surface area contributed by atoms with E-state index in [0.717, 1.165) is 17.0 Å². The normalized spacial score (nSPS) is 10.2. The maximum absolute atomic E-state index is 9.48. The van der Waals surface area contributed by atoms with E-state index in [0.29, 0.717) is 23.4 Å². The second-order valence-corrected chi connectivity index (χ2v) is 5.29. The predicted octanol–water partition coefficient (Wildman–Crippen LogP) is 4.17. The summed E-state index contributed by atoms with van der Waals surface area (Å²) in [5, 5.41) is 12.8. The molecule has 0 spiro atoms. The van der Waals surface area contributed by atoms with E-state index in [2.05, 4.69) is 21.2 Å². The molecule has 0 saturated heterocycles. The van der Waals surface area contributed by atoms with Gasteiger partial charge in [-0.2, -0.15) is 0 Å². The molecular weight excluding hydrogens is 334 g/mol. The second-order valence-electron chi connectivity index (χ2n) is 4.44. The van der Waals surface area contributed by atoms with Gasteiger partial charge < -0.3 is 19.9 Å². The minimum atomic E-state index is 0.237. The van der Waals surface area contributed by atoms with Crippen LogP contribution in [0.4, 0.5) is 5.69 Å². The van der Waals surface area contributed by atoms with Crippen LogP contribution in [-0.4, -0.2) is 18.8 Å². The molecule has 0 aliphatic carbocycles. The number of benzene rings is 2. The van der Waals surface area contributed by atoms with Crippen LogP contribution >= 0.6 is 15.9 Å². The second kappa shape index (κ2) is 7.22. The number of ether oxygens (including phenoxy) is 2. The van der Waals surface area contributed by atoms with Gasteiger partial charge in [-0.1, -0.05) is 6.07 Å². The van der Waals surface area contributed by atoms with E-state index >= 15 is 0 Å². The summed E-state index contributed by atoms with van der Waals surface area (Å²) < 4.78 is 11.5. The van der Waals surface area contributed by atoms with Crippen molar-refractivity contribution in [2.45, 2.75) is 13.5 Å². The van der Waals surface area contributed by atoms with Crippen LogP contribution in [0.5, 0.6) is 17.2 Å². The lowest BCUT2D eigenvalue weighted by atomic mass is 10.2. The highest BCUT2D eigenvalue weighted by Gasteiger charge is 2.05. The molecule has 0 fully saturated rings. The maximum atomic E-state index is 9.48. The van der Waals surface area contributed by atoms with Gasteiger partial charge in [0.25, 0.3) is 0 Å². The smallest absolute Gasteiger partial charge is 0.162 e. The number of hydrogen-bond donors (Lipinski definition) is 2. The van der Waals surface area contributed by atoms with Crippen LogP contribution in [0.1, 0.15) is 12.5 Å². The fraction of sp³-hybridized carbons (Fsp3) is 0.250. The van der Waals surface area contributed by atoms with Gasteiger partial charge in [-0.3, -0.25) is 0 Å². The molecule has 0 unspecified atom stereocenters. The Morgan fingerprint density at radius 2 is 1.95 bits per heavy atom. The van der Waals surface area contributed by atoms with Crippen LogP contribution < -0.4 is 14.8 Å². The summed E-state index contributed by atoms with van der Waals surface area (Å²) in [7, 11) is 1.62. The van der Waals surface area contributed by atoms with Crippen molar-refractivity contribution < 1.29 is 14.6 Å². The average Bonchev–Trinajstić information content (AvgIpc) is 2.49. The molecule has 0 radical (unpaired) electrons. The summed E-state index contributed by atoms with van der Waals surface area (Å²) in [6, 6.07) is 11.2. The number of hydrogen-bond acceptors (Lipinski definition) is 4. The molecule has 0 aliphatic rings. The number of phenolic OH excluding ortho intramolecular Hbond substituents is 1. The number of aromatic hydroxyl groups is 1. The molecule has 21 heavy (non-hydrogen) atoms. The third-order valence-corrected chi connectivity index (χ3v) is 3.61. The van der Waals surface area contributed by atoms with Gasteiger partial charge >= 0.3 is 0 Å². The van der Waals surface area contributed by atoms with Crippen molar-refractivity contribution in [2.24, 2.45) is 0 Å². The fourth-order valence-corrected chi connectivity index (χ4v) is 2.34. The zero-order valence-corrected chi connectivity index (χ0v) is 13.6. The van der Waals surface area contributed by atoms with Gasteiger partial charge in [0.05, 0.1) is 18.2 Å². The van der Waals surface area contributed by atoms with Gasteiger partial charge in [-0.05, 0) is 52.7 Å². The largest absolute Gasteiger partial charge is 0.507 e. The highest BCUT2D eigenvalue weighted by atomic mass is 79.9. The lowest BCUT2D eigenvalue weighted by Gasteiger charge is -2.12. The molecule has 112 valence electrons. The van der Waals surface area contributed by atoms with Crippen molar-refractivity contribution in [3.63, 3.8) is 0 Å². The van der Waals surface area contributed by atoms with E-state index in [1.165, 1.54) is 0 Å². The summed E-state index contributed by atoms with van der Waals surface area (Å²) >= 11 is 3.31. The fourth-order valence-electron chi connectivity index (χ4n) is 1.92. The average molecular weight is 352 g/mol. The first-order valence-corrected chi connectivity index (χ1v) is 7.45. The topological polar surface area (TPSA) is 50.7 Å². The molecule has 2 rings (SSSR count). The Balaban J connectivity index is 2.07. The third-order valence-electron chi connectivity index (χ3n) is 2.97. The quantitative estimate of drug-likeness (QED) is 0.819. The summed E-state index contributed by atoms with van der Waals surface area (Å²) in [5.41, 5.74) is 2.01. The Kier molecular flexibility index (Phi) is 5.33. The van der Waals surface area contributed by atoms with Crippen molar-refractivity contribution in [3.8, 4) is 17.2 Å². The molecule has 2 N–H and O–H groups in total. The summed E-state index contributed by atoms with van der Waals surface area (Å²) in [6.07, 6.45) is 0. The minimum absolute atomic E-state index is 0.237. The lowest BCUT2D eigenvalue weighted by molar-refractivity contribution is 0.311. The van der Waals surface area contributed by atoms with Gasteiger partial charge in [-0.25, -0.2) is 0 Å². The molecule has 2 aromatic rings. The van der Waals surface area contributed by atoms with Crippen molar-refractivity contribution in [1.29, 1.82) is 0 Å². The molecule has 0 bridgehead atoms. The number of phenols is 1. The summed E-state index contributed by atoms with van der Waals surface area (Å²) in [5.74, 6) is 1.67. The van der Waals surface area contributed by atoms with E-state index in [1.54, 1.807) is 13.2 Å². The van der Waals surface area contributed by atoms with Crippen molar-refractivity contribution in [1.82, 2.24) is 0 Å². The molecule has 2 aromatic carbocycles. The number of rotatable bonds is 6. The van der Waals surface area contributed by atoms with E-state index in [9.17, 15) is 5.11 Å². The highest BCUT2D eigenvalue weighted by molar-refractivity contribution is 9.10. The summed E-state index contributed by atoms with van der Waals surface area (Å²) in [4.78, 5) is 0. The van der Waals surface area contributed by atoms with Crippen LogP contribution in [0.3, 0.4) is 0 Å². The monoisotopic (exact) mass is 351 g/mol. The molecule has 0 aromatic heterocycles. The zero-order valence-electron chi connectivity index (χ0n) is 12.0. The standard InChI is InChI=1S/C16H18BrNO3/c1-3-21-15-7-5-12(9-16(15)20-2)18-10-11-4-6-14(19)13(17)8-11/h4-9,18-19H,3,10H2,1-2H3. The summed E-state index contributed by atoms with van der Waals surface area (Å²) in [6.45, 7) is 3.19. The van der Waals surface area contributed by atoms with Gasteiger partial charge in [0.1, 0.15) is 5.75 Å². The van der Waals surface area contributed by atoms with E-state index in [-0.39, 0.29) is 5.75 Å². The predicted molar refractivity (Wildman–Crippen MR) is 87.3 cm³/mol. The Bertz CT molecular complexity index is 616. The van der Waals surface area contributed by atoms with Crippen molar-refractivity contribution in [2.75, 3.05) is 19.0 Å². The molecule has 0 saturated carbocycles. The van der Waals surface area contributed by atoms with Crippen molar-refractivity contribution >= 4 is 21.6 Å². The first-order valence-electron chi connectivity index (χ1n) is 6.66. The number of halogens is 1. The van der Waals surface area contributed by atoms with Crippen LogP contribution in [-0.2, 0) is 6.54 Å². The zero-order chi connectivity index (χ0) is 15.2. The first kappa shape index (κ1) is 15.5. The maximum Gasteiger partial charge on any atom is 0.162 e. The number of anilines is 1. The molecule has 0 atom stereocenters. The van der Waals surface area contributed by atoms with E-state index < -0.39 is 0 Å². The first-order chi connectivity index (χ1) is 10.1. The SMILES string of the molecule is CCOc1ccc(NCc2ccc(O)c(Br)c2)cc1OC. The highest BCUT2D eigenvalue weighted by Crippen LogP contribution is 2.30. The van der Waals surface area contributed by atoms with Gasteiger partial charge in [0.2, 0.25) is 0 Å². The third kappa shape index (κ3) is 4.04. The Labute approximate surface area is 132 Å². The molecule has 0 aliphatic heterocycles. The Morgan fingerprint density at radius 1 is 1.14 bits per heavy atom. The molecular formula is C16H18BrNO3. The van der Waals surface area contributed by atoms with Crippen LogP contribution in [0.15, 0.2) is 40.9 Å². The minimum Gasteiger partial charge on any atom is -0.507 e. The number of nitrogens with one attached hydrogen (secondary N) is 1. The molecule has 5 heteroatoms. The molecule has 0 heterocycles. The lowest BCUT2D eigenvalue weighted by Crippen LogP contribution is -2.01. The number of methoxy groups -OCH3 is 1. The van der Waals surface area contributed by atoms with Crippen LogP contribution in [0.2, 0.25) is 0 Å². The Hall–Kier alpha value is -1.88. The van der Waals surface area contributed by atoms with E-state index in [1.807, 2.05) is 37.3 Å². The van der Waals surface area contributed by atoms with Crippen LogP contribution in [0, 0.1) is 0 Å². The van der Waals surface area contributed by atoms with E-state index in [4.69, 9.17) is 9.47 Å². The Morgan fingerprint density at radius 3 is 2.62 bits per heavy atom. The molecule has 0 amide bonds. The van der Waals surface area contributed by atoms with Gasteiger partial charge in [0, 0.05) is 18.3 Å². The van der Waals surface area contributed by atoms with Gasteiger partial charge in [-0.15, -0.1) is 0 Å². The molecule has 4 nitrogen and oxygen atoms in total. The van der Waals surface area contributed by atoms with Gasteiger partial charge in [0.15, 0.2) is 11.5 Å². The van der Waals surface area contributed by atoms with Crippen molar-refractivity contribution in [3.05, 3.63) is 46.4 Å². The van der Waals surface area contributed by atoms with Crippen LogP contribution in [0.25, 0.3) is 0 Å².